The van der Waals surface area contributed by atoms with Crippen LogP contribution in [0, 0.1) is 0 Å². The molecule has 0 aliphatic rings. The maximum absolute atomic E-state index is 12.4. The average Bonchev–Trinajstić information content (AvgIpc) is 2.71. The van der Waals surface area contributed by atoms with Crippen molar-refractivity contribution in [2.45, 2.75) is 65.5 Å². The van der Waals surface area contributed by atoms with Crippen LogP contribution in [0.25, 0.3) is 0 Å². The van der Waals surface area contributed by atoms with Gasteiger partial charge < -0.3 is 20.7 Å². The van der Waals surface area contributed by atoms with Gasteiger partial charge in [-0.1, -0.05) is 45.0 Å². The van der Waals surface area contributed by atoms with Gasteiger partial charge in [0.1, 0.15) is 5.60 Å². The summed E-state index contributed by atoms with van der Waals surface area (Å²) in [5.41, 5.74) is 2.82. The van der Waals surface area contributed by atoms with Gasteiger partial charge >= 0.3 is 6.09 Å². The predicted octanol–water partition coefficient (Wildman–Crippen LogP) is 4.77. The summed E-state index contributed by atoms with van der Waals surface area (Å²) < 4.78 is 5.13. The third kappa shape index (κ3) is 9.35. The van der Waals surface area contributed by atoms with Crippen LogP contribution >= 0.6 is 0 Å². The molecule has 0 aliphatic carbocycles. The molecule has 0 heterocycles. The number of benzene rings is 2. The normalized spacial score (nSPS) is 11.5. The fourth-order valence-corrected chi connectivity index (χ4v) is 2.93. The third-order valence-electron chi connectivity index (χ3n) is 4.72. The minimum absolute atomic E-state index is 0.0424. The lowest BCUT2D eigenvalue weighted by Gasteiger charge is -2.19. The molecule has 7 heteroatoms. The van der Waals surface area contributed by atoms with Crippen LogP contribution in [-0.4, -0.2) is 30.1 Å². The van der Waals surface area contributed by atoms with Gasteiger partial charge in [0.2, 0.25) is 5.91 Å². The number of amides is 3. The number of alkyl carbamates (subject to hydrolysis) is 1. The molecule has 2 rings (SSSR count). The highest BCUT2D eigenvalue weighted by molar-refractivity contribution is 5.94. The second-order valence-corrected chi connectivity index (χ2v) is 9.93. The van der Waals surface area contributed by atoms with Crippen LogP contribution in [0.5, 0.6) is 0 Å². The van der Waals surface area contributed by atoms with Crippen molar-refractivity contribution in [3.63, 3.8) is 0 Å². The van der Waals surface area contributed by atoms with E-state index in [2.05, 4.69) is 36.7 Å². The number of carbonyl (C=O) groups is 3. The standard InChI is InChI=1S/C26H35N3O4/c1-25(2,3)20-11-9-19(10-12-20)23(31)28-17-18-7-13-21(14-8-18)29-22(30)15-16-27-24(32)33-26(4,5)6/h7-14H,15-17H2,1-6H3,(H,27,32)(H,28,31)(H,29,30). The highest BCUT2D eigenvalue weighted by Gasteiger charge is 2.16. The molecule has 0 radical (unpaired) electrons. The van der Waals surface area contributed by atoms with Crippen LogP contribution in [-0.2, 0) is 21.5 Å². The van der Waals surface area contributed by atoms with Crippen molar-refractivity contribution in [1.29, 1.82) is 0 Å². The Labute approximate surface area is 196 Å². The van der Waals surface area contributed by atoms with Gasteiger partial charge in [-0.2, -0.15) is 0 Å². The maximum Gasteiger partial charge on any atom is 0.407 e. The zero-order chi connectivity index (χ0) is 24.6. The van der Waals surface area contributed by atoms with Crippen LogP contribution in [0.3, 0.4) is 0 Å². The second-order valence-electron chi connectivity index (χ2n) is 9.93. The Kier molecular flexibility index (Phi) is 8.63. The summed E-state index contributed by atoms with van der Waals surface area (Å²) in [5.74, 6) is -0.351. The van der Waals surface area contributed by atoms with E-state index in [1.54, 1.807) is 32.9 Å². The van der Waals surface area contributed by atoms with Crippen molar-refractivity contribution in [1.82, 2.24) is 10.6 Å². The van der Waals surface area contributed by atoms with E-state index in [9.17, 15) is 14.4 Å². The van der Waals surface area contributed by atoms with Gasteiger partial charge in [-0.15, -0.1) is 0 Å². The van der Waals surface area contributed by atoms with Gasteiger partial charge in [-0.05, 0) is 61.6 Å². The van der Waals surface area contributed by atoms with Gasteiger partial charge in [0, 0.05) is 30.8 Å². The van der Waals surface area contributed by atoms with Gasteiger partial charge in [0.25, 0.3) is 5.91 Å². The van der Waals surface area contributed by atoms with Crippen molar-refractivity contribution < 1.29 is 19.1 Å². The molecule has 2 aromatic rings. The van der Waals surface area contributed by atoms with Crippen LogP contribution in [0.4, 0.5) is 10.5 Å². The third-order valence-corrected chi connectivity index (χ3v) is 4.72. The number of rotatable bonds is 7. The van der Waals surface area contributed by atoms with Crippen LogP contribution in [0.15, 0.2) is 48.5 Å². The van der Waals surface area contributed by atoms with E-state index in [1.165, 1.54) is 5.56 Å². The summed E-state index contributed by atoms with van der Waals surface area (Å²) in [4.78, 5) is 36.1. The minimum atomic E-state index is -0.579. The van der Waals surface area contributed by atoms with E-state index in [4.69, 9.17) is 4.74 Å². The molecule has 33 heavy (non-hydrogen) atoms. The van der Waals surface area contributed by atoms with Crippen LogP contribution < -0.4 is 16.0 Å². The number of anilines is 1. The van der Waals surface area contributed by atoms with Crippen LogP contribution in [0.1, 0.15) is 69.4 Å². The van der Waals surface area contributed by atoms with E-state index in [0.717, 1.165) is 5.56 Å². The monoisotopic (exact) mass is 453 g/mol. The highest BCUT2D eigenvalue weighted by atomic mass is 16.6. The molecule has 7 nitrogen and oxygen atoms in total. The van der Waals surface area contributed by atoms with Crippen molar-refractivity contribution in [2.75, 3.05) is 11.9 Å². The van der Waals surface area contributed by atoms with E-state index in [0.29, 0.717) is 17.8 Å². The zero-order valence-electron chi connectivity index (χ0n) is 20.4. The first-order valence-corrected chi connectivity index (χ1v) is 11.1. The smallest absolute Gasteiger partial charge is 0.407 e. The van der Waals surface area contributed by atoms with Crippen molar-refractivity contribution >= 4 is 23.6 Å². The Morgan fingerprint density at radius 3 is 1.97 bits per heavy atom. The highest BCUT2D eigenvalue weighted by Crippen LogP contribution is 2.22. The van der Waals surface area contributed by atoms with Crippen molar-refractivity contribution in [2.24, 2.45) is 0 Å². The molecule has 3 N–H and O–H groups in total. The predicted molar refractivity (Wildman–Crippen MR) is 130 cm³/mol. The van der Waals surface area contributed by atoms with E-state index < -0.39 is 11.7 Å². The molecule has 0 aromatic heterocycles. The first-order chi connectivity index (χ1) is 15.3. The fraction of sp³-hybridized carbons (Fsp3) is 0.423. The van der Waals surface area contributed by atoms with E-state index >= 15 is 0 Å². The molecule has 178 valence electrons. The van der Waals surface area contributed by atoms with Crippen molar-refractivity contribution in [3.05, 3.63) is 65.2 Å². The molecule has 0 atom stereocenters. The Bertz CT molecular complexity index is 953. The quantitative estimate of drug-likeness (QED) is 0.563. The fourth-order valence-electron chi connectivity index (χ4n) is 2.93. The topological polar surface area (TPSA) is 96.5 Å². The molecular formula is C26H35N3O4. The molecule has 0 unspecified atom stereocenters. The number of ether oxygens (including phenoxy) is 1. The minimum Gasteiger partial charge on any atom is -0.444 e. The number of carbonyl (C=O) groups excluding carboxylic acids is 3. The molecule has 0 spiro atoms. The van der Waals surface area contributed by atoms with Gasteiger partial charge in [-0.25, -0.2) is 4.79 Å². The lowest BCUT2D eigenvalue weighted by molar-refractivity contribution is -0.116. The maximum atomic E-state index is 12.4. The number of hydrogen-bond donors (Lipinski definition) is 3. The van der Waals surface area contributed by atoms with E-state index in [-0.39, 0.29) is 30.2 Å². The number of nitrogens with one attached hydrogen (secondary N) is 3. The Morgan fingerprint density at radius 1 is 0.818 bits per heavy atom. The summed E-state index contributed by atoms with van der Waals surface area (Å²) in [7, 11) is 0. The summed E-state index contributed by atoms with van der Waals surface area (Å²) in [5, 5.41) is 8.24. The summed E-state index contributed by atoms with van der Waals surface area (Å²) in [6.45, 7) is 12.3. The Morgan fingerprint density at radius 2 is 1.42 bits per heavy atom. The molecule has 0 aliphatic heterocycles. The van der Waals surface area contributed by atoms with Gasteiger partial charge in [-0.3, -0.25) is 9.59 Å². The molecule has 3 amide bonds. The molecule has 2 aromatic carbocycles. The SMILES string of the molecule is CC(C)(C)OC(=O)NCCC(=O)Nc1ccc(CNC(=O)c2ccc(C(C)(C)C)cc2)cc1. The molecule has 0 bridgehead atoms. The summed E-state index contributed by atoms with van der Waals surface area (Å²) >= 11 is 0. The first-order valence-electron chi connectivity index (χ1n) is 11.1. The van der Waals surface area contributed by atoms with Gasteiger partial charge in [0.05, 0.1) is 0 Å². The molecule has 0 fully saturated rings. The largest absolute Gasteiger partial charge is 0.444 e. The van der Waals surface area contributed by atoms with Gasteiger partial charge in [0.15, 0.2) is 0 Å². The van der Waals surface area contributed by atoms with Crippen molar-refractivity contribution in [3.8, 4) is 0 Å². The van der Waals surface area contributed by atoms with Crippen LogP contribution in [0.2, 0.25) is 0 Å². The second kappa shape index (κ2) is 11.0. The average molecular weight is 454 g/mol. The lowest BCUT2D eigenvalue weighted by atomic mass is 9.87. The molecule has 0 saturated heterocycles. The summed E-state index contributed by atoms with van der Waals surface area (Å²) in [6.07, 6.45) is -0.419. The molecule has 0 saturated carbocycles. The Hall–Kier alpha value is -3.35. The first kappa shape index (κ1) is 25.9. The molecular weight excluding hydrogens is 418 g/mol. The Balaban J connectivity index is 1.76. The number of hydrogen-bond acceptors (Lipinski definition) is 4. The zero-order valence-corrected chi connectivity index (χ0v) is 20.4. The lowest BCUT2D eigenvalue weighted by Crippen LogP contribution is -2.34. The summed E-state index contributed by atoms with van der Waals surface area (Å²) in [6, 6.07) is 14.9. The van der Waals surface area contributed by atoms with E-state index in [1.807, 2.05) is 36.4 Å².